The molecule has 0 saturated carbocycles. The molecule has 1 aromatic rings. The maximum atomic E-state index is 5.80. The third-order valence-corrected chi connectivity index (χ3v) is 3.13. The first-order chi connectivity index (χ1) is 8.24. The van der Waals surface area contributed by atoms with E-state index < -0.39 is 0 Å². The molecule has 0 aliphatic heterocycles. The Hall–Kier alpha value is -1.09. The summed E-state index contributed by atoms with van der Waals surface area (Å²) < 4.78 is 0. The highest BCUT2D eigenvalue weighted by atomic mass is 35.5. The average Bonchev–Trinajstić information content (AvgIpc) is 2.29. The lowest BCUT2D eigenvalue weighted by molar-refractivity contribution is 0.679. The van der Waals surface area contributed by atoms with E-state index in [9.17, 15) is 0 Å². The number of nitrogens with zero attached hydrogens (tertiary/aromatic N) is 2. The summed E-state index contributed by atoms with van der Waals surface area (Å²) in [6, 6.07) is 1.92. The summed E-state index contributed by atoms with van der Waals surface area (Å²) in [4.78, 5) is 8.18. The lowest BCUT2D eigenvalue weighted by atomic mass is 9.97. The average molecular weight is 252 g/mol. The summed E-state index contributed by atoms with van der Waals surface area (Å²) in [5, 5.41) is 3.61. The highest BCUT2D eigenvalue weighted by molar-refractivity contribution is 6.28. The van der Waals surface area contributed by atoms with Crippen LogP contribution in [0.5, 0.6) is 0 Å². The van der Waals surface area contributed by atoms with Crippen molar-refractivity contribution in [3.63, 3.8) is 0 Å². The summed E-state index contributed by atoms with van der Waals surface area (Å²) >= 11 is 5.80. The zero-order valence-electron chi connectivity index (χ0n) is 10.2. The van der Waals surface area contributed by atoms with Crippen molar-refractivity contribution >= 4 is 17.4 Å². The van der Waals surface area contributed by atoms with E-state index in [1.54, 1.807) is 5.57 Å². The Morgan fingerprint density at radius 2 is 2.24 bits per heavy atom. The minimum absolute atomic E-state index is 0.310. The summed E-state index contributed by atoms with van der Waals surface area (Å²) in [5.41, 5.74) is 2.46. The molecule has 0 radical (unpaired) electrons. The van der Waals surface area contributed by atoms with Gasteiger partial charge in [-0.25, -0.2) is 9.97 Å². The molecule has 0 amide bonds. The molecule has 92 valence electrons. The lowest BCUT2D eigenvalue weighted by Gasteiger charge is -2.13. The van der Waals surface area contributed by atoms with Gasteiger partial charge >= 0.3 is 0 Å². The first-order valence-corrected chi connectivity index (χ1v) is 6.55. The van der Waals surface area contributed by atoms with Crippen molar-refractivity contribution in [1.29, 1.82) is 0 Å². The number of rotatable bonds is 4. The van der Waals surface area contributed by atoms with Crippen molar-refractivity contribution in [2.75, 3.05) is 11.9 Å². The van der Waals surface area contributed by atoms with Crippen LogP contribution < -0.4 is 5.32 Å². The maximum absolute atomic E-state index is 5.80. The van der Waals surface area contributed by atoms with Crippen molar-refractivity contribution in [2.45, 2.75) is 39.0 Å². The Bertz CT molecular complexity index is 395. The van der Waals surface area contributed by atoms with Gasteiger partial charge in [0.25, 0.3) is 0 Å². The van der Waals surface area contributed by atoms with Gasteiger partial charge in [-0.3, -0.25) is 0 Å². The fourth-order valence-electron chi connectivity index (χ4n) is 2.11. The number of hydrogen-bond donors (Lipinski definition) is 1. The monoisotopic (exact) mass is 251 g/mol. The number of nitrogens with one attached hydrogen (secondary N) is 1. The molecule has 0 spiro atoms. The standard InChI is InChI=1S/C13H18ClN3/c1-10-9-12(17-13(14)16-10)15-8-7-11-5-3-2-4-6-11/h5,9H,2-4,6-8H2,1H3,(H,15,16,17). The molecule has 1 aliphatic rings. The predicted molar refractivity (Wildman–Crippen MR) is 71.4 cm³/mol. The topological polar surface area (TPSA) is 37.8 Å². The van der Waals surface area contributed by atoms with Gasteiger partial charge in [-0.15, -0.1) is 0 Å². The molecule has 3 nitrogen and oxygen atoms in total. The van der Waals surface area contributed by atoms with E-state index in [0.29, 0.717) is 5.28 Å². The van der Waals surface area contributed by atoms with Crippen LogP contribution in [-0.4, -0.2) is 16.5 Å². The molecule has 1 heterocycles. The zero-order chi connectivity index (χ0) is 12.1. The molecular weight excluding hydrogens is 234 g/mol. The molecule has 4 heteroatoms. The molecule has 0 saturated heterocycles. The number of anilines is 1. The van der Waals surface area contributed by atoms with Gasteiger partial charge in [-0.05, 0) is 50.6 Å². The molecule has 1 N–H and O–H groups in total. The quantitative estimate of drug-likeness (QED) is 0.654. The van der Waals surface area contributed by atoms with Crippen LogP contribution in [-0.2, 0) is 0 Å². The smallest absolute Gasteiger partial charge is 0.224 e. The fraction of sp³-hybridized carbons (Fsp3) is 0.538. The van der Waals surface area contributed by atoms with Crippen molar-refractivity contribution in [3.8, 4) is 0 Å². The van der Waals surface area contributed by atoms with Crippen molar-refractivity contribution in [1.82, 2.24) is 9.97 Å². The van der Waals surface area contributed by atoms with Gasteiger partial charge in [-0.1, -0.05) is 11.6 Å². The highest BCUT2D eigenvalue weighted by Gasteiger charge is 2.04. The molecule has 1 aliphatic carbocycles. The molecular formula is C13H18ClN3. The van der Waals surface area contributed by atoms with Crippen LogP contribution in [0.3, 0.4) is 0 Å². The van der Waals surface area contributed by atoms with E-state index >= 15 is 0 Å². The van der Waals surface area contributed by atoms with E-state index in [1.807, 2.05) is 13.0 Å². The van der Waals surface area contributed by atoms with E-state index in [0.717, 1.165) is 24.5 Å². The van der Waals surface area contributed by atoms with Crippen molar-refractivity contribution in [3.05, 3.63) is 28.7 Å². The van der Waals surface area contributed by atoms with Gasteiger partial charge in [0.15, 0.2) is 0 Å². The van der Waals surface area contributed by atoms with Gasteiger partial charge in [0.05, 0.1) is 0 Å². The third-order valence-electron chi connectivity index (χ3n) is 2.96. The third kappa shape index (κ3) is 4.00. The SMILES string of the molecule is Cc1cc(NCCC2=CCCCC2)nc(Cl)n1. The summed E-state index contributed by atoms with van der Waals surface area (Å²) in [7, 11) is 0. The Morgan fingerprint density at radius 3 is 2.94 bits per heavy atom. The normalized spacial score (nSPS) is 15.5. The second-order valence-corrected chi connectivity index (χ2v) is 4.79. The van der Waals surface area contributed by atoms with Crippen LogP contribution in [0.1, 0.15) is 37.8 Å². The fourth-order valence-corrected chi connectivity index (χ4v) is 2.33. The second-order valence-electron chi connectivity index (χ2n) is 4.45. The van der Waals surface area contributed by atoms with Crippen LogP contribution in [0.2, 0.25) is 5.28 Å². The van der Waals surface area contributed by atoms with Crippen LogP contribution in [0.25, 0.3) is 0 Å². The number of aryl methyl sites for hydroxylation is 1. The van der Waals surface area contributed by atoms with E-state index in [-0.39, 0.29) is 0 Å². The van der Waals surface area contributed by atoms with Gasteiger partial charge in [-0.2, -0.15) is 0 Å². The van der Waals surface area contributed by atoms with E-state index in [2.05, 4.69) is 21.4 Å². The Kier molecular flexibility index (Phi) is 4.37. The molecule has 0 atom stereocenters. The van der Waals surface area contributed by atoms with Crippen molar-refractivity contribution < 1.29 is 0 Å². The summed E-state index contributed by atoms with van der Waals surface area (Å²) in [6.45, 7) is 2.83. The van der Waals surface area contributed by atoms with Crippen LogP contribution in [0, 0.1) is 6.92 Å². The number of hydrogen-bond acceptors (Lipinski definition) is 3. The highest BCUT2D eigenvalue weighted by Crippen LogP contribution is 2.20. The van der Waals surface area contributed by atoms with Crippen molar-refractivity contribution in [2.24, 2.45) is 0 Å². The zero-order valence-corrected chi connectivity index (χ0v) is 10.9. The molecule has 17 heavy (non-hydrogen) atoms. The predicted octanol–water partition coefficient (Wildman–Crippen LogP) is 3.74. The first kappa shape index (κ1) is 12.4. The lowest BCUT2D eigenvalue weighted by Crippen LogP contribution is -2.06. The summed E-state index contributed by atoms with van der Waals surface area (Å²) in [5.74, 6) is 0.818. The second kappa shape index (κ2) is 6.01. The Morgan fingerprint density at radius 1 is 1.35 bits per heavy atom. The molecule has 0 fully saturated rings. The van der Waals surface area contributed by atoms with E-state index in [1.165, 1.54) is 25.7 Å². The van der Waals surface area contributed by atoms with Gasteiger partial charge < -0.3 is 5.32 Å². The van der Waals surface area contributed by atoms with Gasteiger partial charge in [0.2, 0.25) is 5.28 Å². The Balaban J connectivity index is 1.83. The van der Waals surface area contributed by atoms with Gasteiger partial charge in [0, 0.05) is 18.3 Å². The van der Waals surface area contributed by atoms with Crippen LogP contribution >= 0.6 is 11.6 Å². The maximum Gasteiger partial charge on any atom is 0.224 e. The van der Waals surface area contributed by atoms with Crippen LogP contribution in [0.15, 0.2) is 17.7 Å². The number of halogens is 1. The molecule has 0 aromatic carbocycles. The largest absolute Gasteiger partial charge is 0.370 e. The van der Waals surface area contributed by atoms with E-state index in [4.69, 9.17) is 11.6 Å². The number of allylic oxidation sites excluding steroid dienone is 1. The van der Waals surface area contributed by atoms with Gasteiger partial charge in [0.1, 0.15) is 5.82 Å². The summed E-state index contributed by atoms with van der Waals surface area (Å²) in [6.07, 6.45) is 8.66. The minimum atomic E-state index is 0.310. The molecule has 1 aromatic heterocycles. The molecule has 2 rings (SSSR count). The molecule has 0 bridgehead atoms. The first-order valence-electron chi connectivity index (χ1n) is 6.17. The number of aromatic nitrogens is 2. The van der Waals surface area contributed by atoms with Crippen LogP contribution in [0.4, 0.5) is 5.82 Å². The Labute approximate surface area is 107 Å². The molecule has 0 unspecified atom stereocenters. The minimum Gasteiger partial charge on any atom is -0.370 e.